The van der Waals surface area contributed by atoms with Gasteiger partial charge in [0.15, 0.2) is 12.1 Å². The van der Waals surface area contributed by atoms with Gasteiger partial charge in [0.1, 0.15) is 5.75 Å². The summed E-state index contributed by atoms with van der Waals surface area (Å²) < 4.78 is 42.6. The zero-order valence-corrected chi connectivity index (χ0v) is 16.4. The van der Waals surface area contributed by atoms with Gasteiger partial charge in [-0.15, -0.1) is 0 Å². The maximum Gasteiger partial charge on any atom is 0.328 e. The molecule has 2 rings (SSSR count). The second-order valence-electron chi connectivity index (χ2n) is 5.86. The summed E-state index contributed by atoms with van der Waals surface area (Å²) in [6.07, 6.45) is -1.24. The first-order chi connectivity index (χ1) is 13.3. The molecule has 0 heterocycles. The predicted molar refractivity (Wildman–Crippen MR) is 100 cm³/mol. The fraction of sp³-hybridized carbons (Fsp3) is 0.263. The number of hydrogen-bond donors (Lipinski definition) is 1. The summed E-state index contributed by atoms with van der Waals surface area (Å²) in [5.74, 6) is -0.359. The van der Waals surface area contributed by atoms with Gasteiger partial charge in [0.2, 0.25) is 10.0 Å². The van der Waals surface area contributed by atoms with Crippen molar-refractivity contribution < 1.29 is 32.2 Å². The normalized spacial score (nSPS) is 13.2. The highest BCUT2D eigenvalue weighted by Crippen LogP contribution is 2.25. The highest BCUT2D eigenvalue weighted by atomic mass is 32.2. The van der Waals surface area contributed by atoms with E-state index < -0.39 is 28.1 Å². The van der Waals surface area contributed by atoms with Crippen LogP contribution in [0.15, 0.2) is 53.4 Å². The van der Waals surface area contributed by atoms with E-state index in [1.54, 1.807) is 36.4 Å². The van der Waals surface area contributed by atoms with Crippen LogP contribution in [0.3, 0.4) is 0 Å². The van der Waals surface area contributed by atoms with Crippen molar-refractivity contribution in [1.29, 1.82) is 0 Å². The molecule has 0 saturated carbocycles. The number of methoxy groups -OCH3 is 2. The monoisotopic (exact) mass is 407 g/mol. The largest absolute Gasteiger partial charge is 0.497 e. The van der Waals surface area contributed by atoms with Crippen LogP contribution in [0.4, 0.5) is 0 Å². The quantitative estimate of drug-likeness (QED) is 0.498. The molecule has 8 nitrogen and oxygen atoms in total. The number of benzene rings is 2. The Balaban J connectivity index is 2.42. The Hall–Kier alpha value is -2.91. The minimum atomic E-state index is -4.09. The molecule has 2 aromatic carbocycles. The summed E-state index contributed by atoms with van der Waals surface area (Å²) in [6, 6.07) is 10.9. The Morgan fingerprint density at radius 1 is 1.04 bits per heavy atom. The molecule has 0 aliphatic heterocycles. The first kappa shape index (κ1) is 21.4. The zero-order chi connectivity index (χ0) is 20.7. The molecule has 0 aliphatic carbocycles. The van der Waals surface area contributed by atoms with Crippen LogP contribution in [0.5, 0.6) is 5.75 Å². The number of hydrogen-bond acceptors (Lipinski definition) is 7. The van der Waals surface area contributed by atoms with E-state index in [0.29, 0.717) is 11.3 Å². The first-order valence-corrected chi connectivity index (χ1v) is 9.70. The molecule has 0 bridgehead atoms. The number of aryl methyl sites for hydroxylation is 1. The summed E-state index contributed by atoms with van der Waals surface area (Å²) >= 11 is 0. The van der Waals surface area contributed by atoms with Crippen molar-refractivity contribution in [3.05, 3.63) is 59.7 Å². The van der Waals surface area contributed by atoms with Gasteiger partial charge in [0.25, 0.3) is 6.47 Å². The van der Waals surface area contributed by atoms with Crippen molar-refractivity contribution in [3.8, 4) is 5.75 Å². The van der Waals surface area contributed by atoms with Gasteiger partial charge < -0.3 is 14.2 Å². The van der Waals surface area contributed by atoms with Gasteiger partial charge in [0, 0.05) is 0 Å². The summed E-state index contributed by atoms with van der Waals surface area (Å²) in [5, 5.41) is 0. The molecule has 1 N–H and O–H groups in total. The minimum Gasteiger partial charge on any atom is -0.497 e. The van der Waals surface area contributed by atoms with Crippen LogP contribution in [-0.4, -0.2) is 41.1 Å². The molecule has 0 saturated heterocycles. The Kier molecular flexibility index (Phi) is 7.13. The number of esters is 1. The number of sulfonamides is 1. The highest BCUT2D eigenvalue weighted by Gasteiger charge is 2.36. The SMILES string of the molecule is COC(=O)[C@@H](NS(=O)(=O)c1ccc(C)cc1)[C@H](OC=O)c1ccc(OC)cc1. The summed E-state index contributed by atoms with van der Waals surface area (Å²) in [6.45, 7) is 1.96. The zero-order valence-electron chi connectivity index (χ0n) is 15.6. The molecule has 0 aliphatic rings. The Labute approximate surface area is 163 Å². The average molecular weight is 407 g/mol. The third-order valence-electron chi connectivity index (χ3n) is 4.02. The fourth-order valence-corrected chi connectivity index (χ4v) is 3.70. The molecular weight excluding hydrogens is 386 g/mol. The van der Waals surface area contributed by atoms with E-state index in [4.69, 9.17) is 14.2 Å². The Morgan fingerprint density at radius 2 is 1.64 bits per heavy atom. The number of ether oxygens (including phenoxy) is 3. The van der Waals surface area contributed by atoms with Crippen LogP contribution in [-0.2, 0) is 29.1 Å². The smallest absolute Gasteiger partial charge is 0.328 e. The van der Waals surface area contributed by atoms with Gasteiger partial charge in [-0.25, -0.2) is 8.42 Å². The molecule has 2 aromatic rings. The lowest BCUT2D eigenvalue weighted by atomic mass is 10.0. The summed E-state index contributed by atoms with van der Waals surface area (Å²) in [4.78, 5) is 23.3. The fourth-order valence-electron chi connectivity index (χ4n) is 2.52. The van der Waals surface area contributed by atoms with E-state index in [2.05, 4.69) is 4.72 Å². The van der Waals surface area contributed by atoms with Gasteiger partial charge in [-0.2, -0.15) is 4.72 Å². The lowest BCUT2D eigenvalue weighted by Gasteiger charge is -2.25. The maximum atomic E-state index is 12.7. The molecule has 0 fully saturated rings. The van der Waals surface area contributed by atoms with Crippen molar-refractivity contribution in [2.45, 2.75) is 24.0 Å². The number of carbonyl (C=O) groups is 2. The molecule has 2 atom stereocenters. The number of carbonyl (C=O) groups excluding carboxylic acids is 2. The minimum absolute atomic E-state index is 0.0356. The number of nitrogens with one attached hydrogen (secondary N) is 1. The van der Waals surface area contributed by atoms with E-state index >= 15 is 0 Å². The van der Waals surface area contributed by atoms with E-state index in [9.17, 15) is 18.0 Å². The van der Waals surface area contributed by atoms with E-state index in [0.717, 1.165) is 12.7 Å². The summed E-state index contributed by atoms with van der Waals surface area (Å²) in [7, 11) is -1.49. The van der Waals surface area contributed by atoms with Crippen LogP contribution in [0.1, 0.15) is 17.2 Å². The Bertz CT molecular complexity index is 908. The standard InChI is InChI=1S/C19H21NO7S/c1-13-4-10-16(11-5-13)28(23,24)20-17(19(22)26-3)18(27-12-21)14-6-8-15(25-2)9-7-14/h4-12,17-18,20H,1-3H3/t17-,18+/m0/s1. The van der Waals surface area contributed by atoms with Crippen molar-refractivity contribution in [1.82, 2.24) is 4.72 Å². The molecule has 0 amide bonds. The average Bonchev–Trinajstić information content (AvgIpc) is 2.70. The highest BCUT2D eigenvalue weighted by molar-refractivity contribution is 7.89. The van der Waals surface area contributed by atoms with Crippen LogP contribution < -0.4 is 9.46 Å². The third-order valence-corrected chi connectivity index (χ3v) is 5.47. The molecule has 0 spiro atoms. The van der Waals surface area contributed by atoms with Crippen molar-refractivity contribution >= 4 is 22.5 Å². The summed E-state index contributed by atoms with van der Waals surface area (Å²) in [5.41, 5.74) is 1.26. The maximum absolute atomic E-state index is 12.7. The van der Waals surface area contributed by atoms with Gasteiger partial charge in [-0.1, -0.05) is 29.8 Å². The molecule has 0 radical (unpaired) electrons. The molecule has 9 heteroatoms. The van der Waals surface area contributed by atoms with Crippen LogP contribution in [0, 0.1) is 6.92 Å². The Morgan fingerprint density at radius 3 is 2.14 bits per heavy atom. The van der Waals surface area contributed by atoms with Crippen LogP contribution in [0.2, 0.25) is 0 Å². The molecule has 0 aromatic heterocycles. The second-order valence-corrected chi connectivity index (χ2v) is 7.58. The van der Waals surface area contributed by atoms with E-state index in [-0.39, 0.29) is 11.4 Å². The van der Waals surface area contributed by atoms with Gasteiger partial charge in [-0.05, 0) is 36.8 Å². The van der Waals surface area contributed by atoms with Crippen LogP contribution in [0.25, 0.3) is 0 Å². The van der Waals surface area contributed by atoms with E-state index in [1.165, 1.54) is 19.2 Å². The lowest BCUT2D eigenvalue weighted by molar-refractivity contribution is -0.149. The van der Waals surface area contributed by atoms with Gasteiger partial charge in [-0.3, -0.25) is 9.59 Å². The van der Waals surface area contributed by atoms with Gasteiger partial charge in [0.05, 0.1) is 19.1 Å². The molecule has 0 unspecified atom stereocenters. The number of rotatable bonds is 9. The van der Waals surface area contributed by atoms with Crippen molar-refractivity contribution in [3.63, 3.8) is 0 Å². The topological polar surface area (TPSA) is 108 Å². The second kappa shape index (κ2) is 9.34. The van der Waals surface area contributed by atoms with Gasteiger partial charge >= 0.3 is 5.97 Å². The molecular formula is C19H21NO7S. The molecule has 28 heavy (non-hydrogen) atoms. The molecule has 150 valence electrons. The lowest BCUT2D eigenvalue weighted by Crippen LogP contribution is -2.46. The first-order valence-electron chi connectivity index (χ1n) is 8.22. The third kappa shape index (κ3) is 5.08. The predicted octanol–water partition coefficient (Wildman–Crippen LogP) is 1.74. The van der Waals surface area contributed by atoms with Crippen molar-refractivity contribution in [2.75, 3.05) is 14.2 Å². The van der Waals surface area contributed by atoms with E-state index in [1.807, 2.05) is 6.92 Å². The van der Waals surface area contributed by atoms with Crippen molar-refractivity contribution in [2.24, 2.45) is 0 Å². The van der Waals surface area contributed by atoms with Crippen LogP contribution >= 0.6 is 0 Å².